The Balaban J connectivity index is -0.000000196. The second-order valence-electron chi connectivity index (χ2n) is 5.97. The van der Waals surface area contributed by atoms with Gasteiger partial charge in [-0.3, -0.25) is 28.8 Å². The average molecular weight is 697 g/mol. The van der Waals surface area contributed by atoms with Crippen LogP contribution in [0.25, 0.3) is 0 Å². The fraction of sp³-hybridized carbons (Fsp3) is 0.667. The summed E-state index contributed by atoms with van der Waals surface area (Å²) >= 11 is 0. The maximum Gasteiger partial charge on any atom is 0.450 e. The molecule has 0 fully saturated rings. The summed E-state index contributed by atoms with van der Waals surface area (Å²) in [5, 5.41) is 0. The van der Waals surface area contributed by atoms with E-state index in [1.807, 2.05) is 0 Å². The van der Waals surface area contributed by atoms with Crippen LogP contribution >= 0.6 is 0 Å². The molecule has 1 radical (unpaired) electrons. The minimum Gasteiger partial charge on any atom is -0.299 e. The van der Waals surface area contributed by atoms with Crippen molar-refractivity contribution in [2.75, 3.05) is 0 Å². The van der Waals surface area contributed by atoms with Crippen LogP contribution in [0.15, 0.2) is 0 Å². The summed E-state index contributed by atoms with van der Waals surface area (Å²) < 4.78 is 103. The summed E-state index contributed by atoms with van der Waals surface area (Å²) in [7, 11) is 0. The molecular formula is C18H21F9IrO6. The zero-order valence-electron chi connectivity index (χ0n) is 17.9. The first-order chi connectivity index (χ1) is 14.6. The van der Waals surface area contributed by atoms with Crippen molar-refractivity contribution in [2.24, 2.45) is 0 Å². The van der Waals surface area contributed by atoms with Crippen molar-refractivity contribution in [3.8, 4) is 0 Å². The zero-order valence-corrected chi connectivity index (χ0v) is 20.3. The van der Waals surface area contributed by atoms with Crippen molar-refractivity contribution < 1.29 is 88.4 Å². The predicted octanol–water partition coefficient (Wildman–Crippen LogP) is 4.46. The first kappa shape index (κ1) is 39.3. The quantitative estimate of drug-likeness (QED) is 0.261. The molecule has 6 nitrogen and oxygen atoms in total. The van der Waals surface area contributed by atoms with Gasteiger partial charge >= 0.3 is 18.5 Å². The third kappa shape index (κ3) is 21.9. The number of ketones is 6. The van der Waals surface area contributed by atoms with E-state index in [0.29, 0.717) is 0 Å². The molecule has 0 saturated carbocycles. The van der Waals surface area contributed by atoms with E-state index in [-0.39, 0.29) is 39.4 Å². The third-order valence-corrected chi connectivity index (χ3v) is 3.20. The molecule has 0 unspecified atom stereocenters. The number of rotatable bonds is 9. The number of alkyl halides is 9. The molecule has 0 amide bonds. The van der Waals surface area contributed by atoms with Crippen molar-refractivity contribution >= 4 is 34.7 Å². The van der Waals surface area contributed by atoms with Gasteiger partial charge in [-0.05, 0) is 0 Å². The molecular weight excluding hydrogens is 675 g/mol. The van der Waals surface area contributed by atoms with Gasteiger partial charge in [-0.2, -0.15) is 39.5 Å². The molecule has 0 aromatic carbocycles. The largest absolute Gasteiger partial charge is 0.450 e. The normalized spacial score (nSPS) is 10.9. The predicted molar refractivity (Wildman–Crippen MR) is 92.9 cm³/mol. The second kappa shape index (κ2) is 17.5. The summed E-state index contributed by atoms with van der Waals surface area (Å²) in [6.45, 7) is 4.23. The van der Waals surface area contributed by atoms with Crippen LogP contribution in [0.1, 0.15) is 59.3 Å². The van der Waals surface area contributed by atoms with Gasteiger partial charge in [0.25, 0.3) is 0 Å². The first-order valence-electron chi connectivity index (χ1n) is 8.98. The second-order valence-corrected chi connectivity index (χ2v) is 5.97. The van der Waals surface area contributed by atoms with Crippen LogP contribution in [0.4, 0.5) is 39.5 Å². The van der Waals surface area contributed by atoms with E-state index in [1.165, 1.54) is 20.8 Å². The fourth-order valence-electron chi connectivity index (χ4n) is 1.21. The molecule has 0 aliphatic heterocycles. The van der Waals surface area contributed by atoms with E-state index in [0.717, 1.165) is 0 Å². The molecule has 34 heavy (non-hydrogen) atoms. The number of hydrogen-bond donors (Lipinski definition) is 0. The summed E-state index contributed by atoms with van der Waals surface area (Å²) in [5.41, 5.74) is 0. The standard InChI is InChI=1S/3C6H7F3O2.Ir/c3*1-2-4(10)3-5(11)6(7,8)9;/h3*2-3H2,1H3;. The summed E-state index contributed by atoms with van der Waals surface area (Å²) in [6.07, 6.45) is -17.8. The van der Waals surface area contributed by atoms with Gasteiger partial charge in [-0.15, -0.1) is 0 Å². The number of carbonyl (C=O) groups is 6. The summed E-state index contributed by atoms with van der Waals surface area (Å²) in [5.74, 6) is -7.97. The Labute approximate surface area is 201 Å². The Morgan fingerprint density at radius 2 is 0.588 bits per heavy atom. The molecule has 0 aliphatic rings. The Bertz CT molecular complexity index is 615. The molecule has 0 heterocycles. The van der Waals surface area contributed by atoms with Crippen molar-refractivity contribution in [1.82, 2.24) is 0 Å². The van der Waals surface area contributed by atoms with Gasteiger partial charge in [0, 0.05) is 39.4 Å². The fourth-order valence-corrected chi connectivity index (χ4v) is 1.21. The van der Waals surface area contributed by atoms with Crippen LogP contribution in [0, 0.1) is 0 Å². The molecule has 0 aromatic heterocycles. The summed E-state index contributed by atoms with van der Waals surface area (Å²) in [4.78, 5) is 61.3. The first-order valence-corrected chi connectivity index (χ1v) is 8.98. The van der Waals surface area contributed by atoms with Crippen LogP contribution in [0.5, 0.6) is 0 Å². The van der Waals surface area contributed by atoms with Crippen LogP contribution in [-0.4, -0.2) is 53.2 Å². The maximum atomic E-state index is 11.4. The number of Topliss-reactive ketones (excluding diaryl/α,β-unsaturated/α-hetero) is 6. The molecule has 0 bridgehead atoms. The minimum atomic E-state index is -4.87. The number of carbonyl (C=O) groups excluding carboxylic acids is 6. The molecule has 0 aromatic rings. The topological polar surface area (TPSA) is 102 Å². The van der Waals surface area contributed by atoms with Gasteiger partial charge in [0.1, 0.15) is 17.3 Å². The minimum absolute atomic E-state index is 0. The SMILES string of the molecule is CCC(=O)CC(=O)C(F)(F)F.CCC(=O)CC(=O)C(F)(F)F.CCC(=O)CC(=O)C(F)(F)F.[Ir]. The Kier molecular flexibility index (Phi) is 20.2. The van der Waals surface area contributed by atoms with E-state index in [1.54, 1.807) is 0 Å². The van der Waals surface area contributed by atoms with E-state index in [2.05, 4.69) is 0 Å². The van der Waals surface area contributed by atoms with E-state index in [9.17, 15) is 68.3 Å². The molecule has 201 valence electrons. The van der Waals surface area contributed by atoms with Crippen LogP contribution in [0.3, 0.4) is 0 Å². The Morgan fingerprint density at radius 1 is 0.441 bits per heavy atom. The number of halogens is 9. The van der Waals surface area contributed by atoms with Gasteiger partial charge in [0.05, 0.1) is 19.3 Å². The third-order valence-electron chi connectivity index (χ3n) is 3.20. The van der Waals surface area contributed by atoms with E-state index < -0.39 is 72.5 Å². The monoisotopic (exact) mass is 697 g/mol. The van der Waals surface area contributed by atoms with E-state index in [4.69, 9.17) is 0 Å². The zero-order chi connectivity index (χ0) is 27.2. The van der Waals surface area contributed by atoms with Gasteiger partial charge in [0.2, 0.25) is 17.3 Å². The van der Waals surface area contributed by atoms with Crippen molar-refractivity contribution in [3.05, 3.63) is 0 Å². The van der Waals surface area contributed by atoms with E-state index >= 15 is 0 Å². The Hall–Kier alpha value is -1.96. The smallest absolute Gasteiger partial charge is 0.299 e. The van der Waals surface area contributed by atoms with Crippen molar-refractivity contribution in [2.45, 2.75) is 77.8 Å². The van der Waals surface area contributed by atoms with Gasteiger partial charge in [-0.1, -0.05) is 20.8 Å². The average Bonchev–Trinajstić information content (AvgIpc) is 2.66. The summed E-state index contributed by atoms with van der Waals surface area (Å²) in [6, 6.07) is 0. The molecule has 0 spiro atoms. The van der Waals surface area contributed by atoms with Crippen LogP contribution < -0.4 is 0 Å². The molecule has 16 heteroatoms. The molecule has 0 N–H and O–H groups in total. The molecule has 0 aliphatic carbocycles. The van der Waals surface area contributed by atoms with Crippen LogP contribution in [0.2, 0.25) is 0 Å². The van der Waals surface area contributed by atoms with Crippen LogP contribution in [-0.2, 0) is 48.9 Å². The molecule has 0 rings (SSSR count). The van der Waals surface area contributed by atoms with Gasteiger partial charge in [-0.25, -0.2) is 0 Å². The molecule has 0 saturated heterocycles. The maximum absolute atomic E-state index is 11.4. The Morgan fingerprint density at radius 3 is 0.676 bits per heavy atom. The molecule has 0 atom stereocenters. The van der Waals surface area contributed by atoms with Gasteiger partial charge < -0.3 is 0 Å². The van der Waals surface area contributed by atoms with Crippen molar-refractivity contribution in [3.63, 3.8) is 0 Å². The number of hydrogen-bond acceptors (Lipinski definition) is 6. The van der Waals surface area contributed by atoms with Crippen molar-refractivity contribution in [1.29, 1.82) is 0 Å². The van der Waals surface area contributed by atoms with Gasteiger partial charge in [0.15, 0.2) is 0 Å².